The third-order valence-corrected chi connectivity index (χ3v) is 4.09. The number of carboxylic acid groups (broad SMARTS) is 1. The maximum atomic E-state index is 12.1. The van der Waals surface area contributed by atoms with Crippen LogP contribution in [-0.4, -0.2) is 33.4 Å². The number of amides is 1. The van der Waals surface area contributed by atoms with E-state index in [4.69, 9.17) is 0 Å². The lowest BCUT2D eigenvalue weighted by Gasteiger charge is -2.16. The topological polar surface area (TPSA) is 88.4 Å². The number of nitrogens with one attached hydrogen (secondary N) is 1. The Labute approximate surface area is 146 Å². The van der Waals surface area contributed by atoms with Crippen LogP contribution in [0, 0.1) is 5.92 Å². The summed E-state index contributed by atoms with van der Waals surface area (Å²) in [5.41, 5.74) is 1.51. The predicted octanol–water partition coefficient (Wildman–Crippen LogP) is 2.85. The van der Waals surface area contributed by atoms with Gasteiger partial charge in [0.1, 0.15) is 6.04 Å². The van der Waals surface area contributed by atoms with Crippen molar-refractivity contribution in [1.29, 1.82) is 0 Å². The van der Waals surface area contributed by atoms with Crippen LogP contribution in [0.3, 0.4) is 0 Å². The molecule has 6 nitrogen and oxygen atoms in total. The van der Waals surface area contributed by atoms with Crippen LogP contribution in [0.2, 0.25) is 0 Å². The van der Waals surface area contributed by atoms with Gasteiger partial charge >= 0.3 is 5.97 Å². The van der Waals surface area contributed by atoms with E-state index in [0.29, 0.717) is 18.5 Å². The van der Waals surface area contributed by atoms with E-state index in [1.165, 1.54) is 6.92 Å². The largest absolute Gasteiger partial charge is 0.480 e. The van der Waals surface area contributed by atoms with Crippen molar-refractivity contribution in [2.45, 2.75) is 46.2 Å². The molecule has 0 saturated carbocycles. The molecule has 134 valence electrons. The summed E-state index contributed by atoms with van der Waals surface area (Å²) in [6.45, 7) is 5.73. The molecule has 0 aliphatic heterocycles. The number of aryl methyl sites for hydroxylation is 1. The molecule has 0 spiro atoms. The first-order valence-electron chi connectivity index (χ1n) is 8.40. The molecule has 0 bridgehead atoms. The van der Waals surface area contributed by atoms with Crippen LogP contribution in [0.5, 0.6) is 0 Å². The first-order valence-corrected chi connectivity index (χ1v) is 8.40. The number of carboxylic acids is 1. The average Bonchev–Trinajstić information content (AvgIpc) is 2.91. The van der Waals surface area contributed by atoms with Crippen molar-refractivity contribution in [2.75, 3.05) is 0 Å². The fraction of sp³-hybridized carbons (Fsp3) is 0.421. The molecule has 0 aliphatic carbocycles. The van der Waals surface area contributed by atoms with Gasteiger partial charge < -0.3 is 15.0 Å². The van der Waals surface area contributed by atoms with Gasteiger partial charge in [0.25, 0.3) is 0 Å². The lowest BCUT2D eigenvalue weighted by molar-refractivity contribution is -0.142. The Morgan fingerprint density at radius 2 is 1.88 bits per heavy atom. The number of carbonyl (C=O) groups is 3. The summed E-state index contributed by atoms with van der Waals surface area (Å²) in [6, 6.07) is 6.66. The maximum Gasteiger partial charge on any atom is 0.326 e. The summed E-state index contributed by atoms with van der Waals surface area (Å²) in [6.07, 6.45) is 2.29. The first-order chi connectivity index (χ1) is 11.8. The monoisotopic (exact) mass is 344 g/mol. The van der Waals surface area contributed by atoms with Gasteiger partial charge in [-0.25, -0.2) is 4.79 Å². The molecule has 0 fully saturated rings. The molecular formula is C19H24N2O4. The smallest absolute Gasteiger partial charge is 0.326 e. The van der Waals surface area contributed by atoms with Crippen molar-refractivity contribution < 1.29 is 19.5 Å². The SMILES string of the molecule is CC(=O)c1cn(CCC(=O)N[C@H](CC(C)C)C(=O)O)c2ccccc12. The fourth-order valence-corrected chi connectivity index (χ4v) is 2.89. The molecule has 1 aromatic carbocycles. The Hall–Kier alpha value is -2.63. The van der Waals surface area contributed by atoms with Gasteiger partial charge in [-0.1, -0.05) is 32.0 Å². The maximum absolute atomic E-state index is 12.1. The van der Waals surface area contributed by atoms with Gasteiger partial charge in [-0.15, -0.1) is 0 Å². The van der Waals surface area contributed by atoms with Crippen molar-refractivity contribution in [1.82, 2.24) is 9.88 Å². The zero-order chi connectivity index (χ0) is 18.6. The molecule has 2 aromatic rings. The highest BCUT2D eigenvalue weighted by atomic mass is 16.4. The number of Topliss-reactive ketones (excluding diaryl/α,β-unsaturated/α-hetero) is 1. The minimum Gasteiger partial charge on any atom is -0.480 e. The number of aromatic nitrogens is 1. The van der Waals surface area contributed by atoms with Crippen molar-refractivity contribution in [3.63, 3.8) is 0 Å². The number of carbonyl (C=O) groups excluding carboxylic acids is 2. The Bertz CT molecular complexity index is 792. The first kappa shape index (κ1) is 18.7. The summed E-state index contributed by atoms with van der Waals surface area (Å²) >= 11 is 0. The van der Waals surface area contributed by atoms with E-state index in [0.717, 1.165) is 10.9 Å². The van der Waals surface area contributed by atoms with Crippen LogP contribution < -0.4 is 5.32 Å². The zero-order valence-corrected chi connectivity index (χ0v) is 14.8. The third kappa shape index (κ3) is 4.68. The van der Waals surface area contributed by atoms with Crippen LogP contribution in [0.25, 0.3) is 10.9 Å². The summed E-state index contributed by atoms with van der Waals surface area (Å²) in [5, 5.41) is 12.6. The average molecular weight is 344 g/mol. The molecule has 0 saturated heterocycles. The van der Waals surface area contributed by atoms with E-state index < -0.39 is 12.0 Å². The number of rotatable bonds is 8. The van der Waals surface area contributed by atoms with E-state index in [9.17, 15) is 19.5 Å². The minimum absolute atomic E-state index is 0.0257. The van der Waals surface area contributed by atoms with E-state index in [2.05, 4.69) is 5.32 Å². The van der Waals surface area contributed by atoms with Crippen LogP contribution in [-0.2, 0) is 16.1 Å². The zero-order valence-electron chi connectivity index (χ0n) is 14.8. The molecule has 25 heavy (non-hydrogen) atoms. The number of nitrogens with zero attached hydrogens (tertiary/aromatic N) is 1. The number of para-hydroxylation sites is 1. The molecular weight excluding hydrogens is 320 g/mol. The molecule has 0 aliphatic rings. The summed E-state index contributed by atoms with van der Waals surface area (Å²) < 4.78 is 1.86. The van der Waals surface area contributed by atoms with Gasteiger partial charge in [-0.05, 0) is 25.3 Å². The second-order valence-corrected chi connectivity index (χ2v) is 6.65. The predicted molar refractivity (Wildman–Crippen MR) is 95.6 cm³/mol. The van der Waals surface area contributed by atoms with Crippen molar-refractivity contribution in [3.05, 3.63) is 36.0 Å². The number of hydrogen-bond acceptors (Lipinski definition) is 3. The van der Waals surface area contributed by atoms with Crippen molar-refractivity contribution in [2.24, 2.45) is 5.92 Å². The Morgan fingerprint density at radius 1 is 1.20 bits per heavy atom. The highest BCUT2D eigenvalue weighted by Crippen LogP contribution is 2.22. The van der Waals surface area contributed by atoms with E-state index in [1.807, 2.05) is 42.7 Å². The number of hydrogen-bond donors (Lipinski definition) is 2. The second kappa shape index (κ2) is 7.96. The molecule has 1 heterocycles. The van der Waals surface area contributed by atoms with Gasteiger partial charge in [0, 0.05) is 35.6 Å². The van der Waals surface area contributed by atoms with Crippen LogP contribution in [0.1, 0.15) is 44.0 Å². The van der Waals surface area contributed by atoms with Crippen LogP contribution in [0.15, 0.2) is 30.5 Å². The van der Waals surface area contributed by atoms with Crippen molar-refractivity contribution >= 4 is 28.6 Å². The van der Waals surface area contributed by atoms with Gasteiger partial charge in [0.15, 0.2) is 5.78 Å². The molecule has 2 N–H and O–H groups in total. The van der Waals surface area contributed by atoms with Gasteiger partial charge in [-0.3, -0.25) is 9.59 Å². The van der Waals surface area contributed by atoms with Crippen LogP contribution in [0.4, 0.5) is 0 Å². The molecule has 1 aromatic heterocycles. The van der Waals surface area contributed by atoms with Gasteiger partial charge in [-0.2, -0.15) is 0 Å². The quantitative estimate of drug-likeness (QED) is 0.721. The summed E-state index contributed by atoms with van der Waals surface area (Å²) in [7, 11) is 0. The normalized spacial score (nSPS) is 12.3. The van der Waals surface area contributed by atoms with E-state index in [-0.39, 0.29) is 24.0 Å². The lowest BCUT2D eigenvalue weighted by atomic mass is 10.0. The highest BCUT2D eigenvalue weighted by molar-refractivity contribution is 6.07. The molecule has 6 heteroatoms. The second-order valence-electron chi connectivity index (χ2n) is 6.65. The molecule has 2 rings (SSSR count). The highest BCUT2D eigenvalue weighted by Gasteiger charge is 2.21. The number of benzene rings is 1. The Morgan fingerprint density at radius 3 is 2.48 bits per heavy atom. The van der Waals surface area contributed by atoms with Gasteiger partial charge in [0.2, 0.25) is 5.91 Å². The lowest BCUT2D eigenvalue weighted by Crippen LogP contribution is -2.41. The fourth-order valence-electron chi connectivity index (χ4n) is 2.89. The Balaban J connectivity index is 2.08. The minimum atomic E-state index is -1.02. The van der Waals surface area contributed by atoms with Crippen LogP contribution >= 0.6 is 0 Å². The number of fused-ring (bicyclic) bond motifs is 1. The molecule has 0 radical (unpaired) electrons. The Kier molecular flexibility index (Phi) is 5.96. The molecule has 0 unspecified atom stereocenters. The van der Waals surface area contributed by atoms with Gasteiger partial charge in [0.05, 0.1) is 0 Å². The third-order valence-electron chi connectivity index (χ3n) is 4.09. The van der Waals surface area contributed by atoms with E-state index in [1.54, 1.807) is 6.20 Å². The summed E-state index contributed by atoms with van der Waals surface area (Å²) in [5.74, 6) is -1.18. The summed E-state index contributed by atoms with van der Waals surface area (Å²) in [4.78, 5) is 35.2. The standard InChI is InChI=1S/C19H24N2O4/c1-12(2)10-16(19(24)25)20-18(23)8-9-21-11-15(13(3)22)14-6-4-5-7-17(14)21/h4-7,11-12,16H,8-10H2,1-3H3,(H,20,23)(H,24,25)/t16-/m1/s1. The number of aliphatic carboxylic acids is 1. The van der Waals surface area contributed by atoms with Crippen molar-refractivity contribution in [3.8, 4) is 0 Å². The molecule has 1 atom stereocenters. The number of ketones is 1. The molecule has 1 amide bonds. The van der Waals surface area contributed by atoms with E-state index >= 15 is 0 Å².